The molecule has 1 saturated heterocycles. The number of piperazine rings is 1. The van der Waals surface area contributed by atoms with Crippen LogP contribution in [-0.4, -0.2) is 34.6 Å². The van der Waals surface area contributed by atoms with E-state index in [-0.39, 0.29) is 35.4 Å². The number of nitrogens with one attached hydrogen (secondary N) is 1. The first-order chi connectivity index (χ1) is 18.2. The molecule has 5 nitrogen and oxygen atoms in total. The molecule has 3 aromatic carbocycles. The highest BCUT2D eigenvalue weighted by molar-refractivity contribution is 6.01. The van der Waals surface area contributed by atoms with Gasteiger partial charge >= 0.3 is 0 Å². The maximum absolute atomic E-state index is 14.4. The first kappa shape index (κ1) is 26.1. The van der Waals surface area contributed by atoms with Crippen molar-refractivity contribution in [1.29, 1.82) is 0 Å². The smallest absolute Gasteiger partial charge is 0.247 e. The van der Waals surface area contributed by atoms with Gasteiger partial charge in [-0.15, -0.1) is 0 Å². The molecule has 198 valence electrons. The molecule has 0 aromatic heterocycles. The molecule has 0 saturated carbocycles. The molecule has 1 fully saturated rings. The lowest BCUT2D eigenvalue weighted by Crippen LogP contribution is -2.66. The summed E-state index contributed by atoms with van der Waals surface area (Å²) in [6.07, 6.45) is 2.34. The van der Waals surface area contributed by atoms with Crippen molar-refractivity contribution < 1.29 is 14.4 Å². The zero-order chi connectivity index (χ0) is 27.0. The van der Waals surface area contributed by atoms with Gasteiger partial charge in [0.2, 0.25) is 11.8 Å². The van der Waals surface area contributed by atoms with Gasteiger partial charge in [0.05, 0.1) is 0 Å². The fourth-order valence-electron chi connectivity index (χ4n) is 6.27. The fraction of sp³-hybridized carbons (Fsp3) is 0.424. The molecule has 1 aliphatic carbocycles. The van der Waals surface area contributed by atoms with Crippen LogP contribution in [0.1, 0.15) is 63.3 Å². The maximum Gasteiger partial charge on any atom is 0.247 e. The van der Waals surface area contributed by atoms with E-state index in [1.54, 1.807) is 4.90 Å². The molecular weight excluding hydrogens is 472 g/mol. The highest BCUT2D eigenvalue weighted by Gasteiger charge is 2.49. The lowest BCUT2D eigenvalue weighted by molar-refractivity contribution is -0.157. The summed E-state index contributed by atoms with van der Waals surface area (Å²) in [5.41, 5.74) is 3.24. The van der Waals surface area contributed by atoms with Crippen LogP contribution in [0.25, 0.3) is 10.8 Å². The highest BCUT2D eigenvalue weighted by Crippen LogP contribution is 2.37. The number of fused-ring (bicyclic) bond motifs is 2. The SMILES string of the molecule is CC(C)CC(=O)C(c1ccc2ccccc2c1)N1C(=O)[C@@H](C2Cc3ccccc3C2)NC(=O)[C@H]1CC(C)C. The van der Waals surface area contributed by atoms with Gasteiger partial charge in [-0.25, -0.2) is 0 Å². The minimum absolute atomic E-state index is 0.0134. The summed E-state index contributed by atoms with van der Waals surface area (Å²) in [5, 5.41) is 5.20. The lowest BCUT2D eigenvalue weighted by atomic mass is 9.86. The van der Waals surface area contributed by atoms with E-state index in [1.807, 2.05) is 68.4 Å². The van der Waals surface area contributed by atoms with Gasteiger partial charge in [-0.2, -0.15) is 0 Å². The number of hydrogen-bond acceptors (Lipinski definition) is 3. The highest BCUT2D eigenvalue weighted by atomic mass is 16.2. The van der Waals surface area contributed by atoms with E-state index < -0.39 is 18.1 Å². The fourth-order valence-corrected chi connectivity index (χ4v) is 6.27. The van der Waals surface area contributed by atoms with Crippen molar-refractivity contribution in [3.05, 3.63) is 83.4 Å². The Balaban J connectivity index is 1.58. The molecule has 1 N–H and O–H groups in total. The average molecular weight is 511 g/mol. The maximum atomic E-state index is 14.4. The Labute approximate surface area is 225 Å². The van der Waals surface area contributed by atoms with Crippen LogP contribution in [0.4, 0.5) is 0 Å². The largest absolute Gasteiger partial charge is 0.342 e. The lowest BCUT2D eigenvalue weighted by Gasteiger charge is -2.45. The number of rotatable bonds is 8. The Morgan fingerprint density at radius 1 is 0.868 bits per heavy atom. The van der Waals surface area contributed by atoms with E-state index in [9.17, 15) is 14.4 Å². The molecule has 0 radical (unpaired) electrons. The van der Waals surface area contributed by atoms with Crippen LogP contribution in [0.3, 0.4) is 0 Å². The Morgan fingerprint density at radius 2 is 1.50 bits per heavy atom. The summed E-state index contributed by atoms with van der Waals surface area (Å²) in [6, 6.07) is 20.1. The molecule has 2 aliphatic rings. The molecule has 1 aliphatic heterocycles. The summed E-state index contributed by atoms with van der Waals surface area (Å²) in [4.78, 5) is 43.8. The molecule has 5 rings (SSSR count). The van der Waals surface area contributed by atoms with Crippen LogP contribution < -0.4 is 5.32 Å². The van der Waals surface area contributed by atoms with E-state index in [0.29, 0.717) is 12.8 Å². The number of Topliss-reactive ketones (excluding diaryl/α,β-unsaturated/α-hetero) is 1. The third-order valence-corrected chi connectivity index (χ3v) is 7.99. The van der Waals surface area contributed by atoms with Gasteiger partial charge in [0, 0.05) is 6.42 Å². The van der Waals surface area contributed by atoms with E-state index in [4.69, 9.17) is 0 Å². The van der Waals surface area contributed by atoms with Crippen LogP contribution in [0, 0.1) is 17.8 Å². The van der Waals surface area contributed by atoms with E-state index in [1.165, 1.54) is 11.1 Å². The molecule has 38 heavy (non-hydrogen) atoms. The van der Waals surface area contributed by atoms with Gasteiger partial charge in [-0.3, -0.25) is 14.4 Å². The quantitative estimate of drug-likeness (QED) is 0.426. The second-order valence-corrected chi connectivity index (χ2v) is 11.9. The zero-order valence-electron chi connectivity index (χ0n) is 22.8. The summed E-state index contributed by atoms with van der Waals surface area (Å²) in [5.74, 6) is 0.00343. The third kappa shape index (κ3) is 5.11. The molecule has 5 heteroatoms. The van der Waals surface area contributed by atoms with Crippen molar-refractivity contribution in [2.45, 2.75) is 71.5 Å². The topological polar surface area (TPSA) is 66.5 Å². The summed E-state index contributed by atoms with van der Waals surface area (Å²) < 4.78 is 0. The Kier molecular flexibility index (Phi) is 7.38. The van der Waals surface area contributed by atoms with E-state index in [0.717, 1.165) is 29.2 Å². The van der Waals surface area contributed by atoms with Crippen LogP contribution in [-0.2, 0) is 27.2 Å². The molecule has 0 spiro atoms. The number of nitrogens with zero attached hydrogens (tertiary/aromatic N) is 1. The number of carbonyl (C=O) groups excluding carboxylic acids is 3. The second-order valence-electron chi connectivity index (χ2n) is 11.9. The van der Waals surface area contributed by atoms with Crippen LogP contribution in [0.5, 0.6) is 0 Å². The number of ketones is 1. The van der Waals surface area contributed by atoms with Crippen molar-refractivity contribution in [2.75, 3.05) is 0 Å². The third-order valence-electron chi connectivity index (χ3n) is 7.99. The minimum Gasteiger partial charge on any atom is -0.342 e. The standard InChI is InChI=1S/C33H38N2O3/c1-20(2)15-28-32(37)34-30(27-18-24-11-7-8-12-25(24)19-27)33(38)35(28)31(29(36)16-21(3)4)26-14-13-22-9-5-6-10-23(22)17-26/h5-14,17,20-21,27-28,30-31H,15-16,18-19H2,1-4H3,(H,34,37)/t28-,30-,31?/m1/s1. The number of carbonyl (C=O) groups is 3. The number of benzene rings is 3. The van der Waals surface area contributed by atoms with Gasteiger partial charge in [0.1, 0.15) is 18.1 Å². The van der Waals surface area contributed by atoms with Crippen molar-refractivity contribution in [2.24, 2.45) is 17.8 Å². The number of hydrogen-bond donors (Lipinski definition) is 1. The Bertz CT molecular complexity index is 1340. The monoisotopic (exact) mass is 510 g/mol. The molecule has 1 unspecified atom stereocenters. The van der Waals surface area contributed by atoms with Crippen molar-refractivity contribution in [3.63, 3.8) is 0 Å². The van der Waals surface area contributed by atoms with Gasteiger partial charge in [0.15, 0.2) is 5.78 Å². The van der Waals surface area contributed by atoms with Crippen LogP contribution in [0.2, 0.25) is 0 Å². The second kappa shape index (κ2) is 10.7. The first-order valence-electron chi connectivity index (χ1n) is 13.9. The molecule has 3 aromatic rings. The van der Waals surface area contributed by atoms with E-state index in [2.05, 4.69) is 31.3 Å². The molecule has 1 heterocycles. The van der Waals surface area contributed by atoms with Gasteiger partial charge in [0.25, 0.3) is 0 Å². The van der Waals surface area contributed by atoms with Crippen molar-refractivity contribution >= 4 is 28.4 Å². The predicted octanol–water partition coefficient (Wildman–Crippen LogP) is 5.65. The van der Waals surface area contributed by atoms with Crippen LogP contribution in [0.15, 0.2) is 66.7 Å². The number of amides is 2. The Morgan fingerprint density at radius 3 is 2.13 bits per heavy atom. The van der Waals surface area contributed by atoms with E-state index >= 15 is 0 Å². The predicted molar refractivity (Wildman–Crippen MR) is 151 cm³/mol. The van der Waals surface area contributed by atoms with Gasteiger partial charge < -0.3 is 10.2 Å². The molecular formula is C33H38N2O3. The zero-order valence-corrected chi connectivity index (χ0v) is 22.8. The summed E-state index contributed by atoms with van der Waals surface area (Å²) in [7, 11) is 0. The Hall–Kier alpha value is -3.47. The summed E-state index contributed by atoms with van der Waals surface area (Å²) >= 11 is 0. The van der Waals surface area contributed by atoms with Crippen molar-refractivity contribution in [1.82, 2.24) is 10.2 Å². The molecule has 3 atom stereocenters. The summed E-state index contributed by atoms with van der Waals surface area (Å²) in [6.45, 7) is 8.14. The molecule has 0 bridgehead atoms. The van der Waals surface area contributed by atoms with Gasteiger partial charge in [-0.05, 0) is 70.5 Å². The molecule has 2 amide bonds. The average Bonchev–Trinajstić information content (AvgIpc) is 3.31. The first-order valence-corrected chi connectivity index (χ1v) is 13.9. The van der Waals surface area contributed by atoms with Gasteiger partial charge in [-0.1, -0.05) is 88.4 Å². The minimum atomic E-state index is -0.796. The normalized spacial score (nSPS) is 20.7. The van der Waals surface area contributed by atoms with Crippen molar-refractivity contribution in [3.8, 4) is 0 Å². The van der Waals surface area contributed by atoms with Crippen LogP contribution >= 0.6 is 0 Å².